The summed E-state index contributed by atoms with van der Waals surface area (Å²) in [5.41, 5.74) is 0. The Labute approximate surface area is 47.6 Å². The zero-order valence-electron chi connectivity index (χ0n) is 4.29. The highest BCUT2D eigenvalue weighted by atomic mass is 32.2. The molecule has 1 unspecified atom stereocenters. The molecule has 3 heteroatoms. The van der Waals surface area contributed by atoms with Crippen LogP contribution in [-0.2, 0) is 0 Å². The van der Waals surface area contributed by atoms with Gasteiger partial charge in [-0.05, 0) is 6.42 Å². The second kappa shape index (κ2) is 2.03. The summed E-state index contributed by atoms with van der Waals surface area (Å²) in [6, 6.07) is 0. The third-order valence-electron chi connectivity index (χ3n) is 1.09. The van der Waals surface area contributed by atoms with Gasteiger partial charge in [0.2, 0.25) is 0 Å². The van der Waals surface area contributed by atoms with E-state index in [9.17, 15) is 0 Å². The minimum absolute atomic E-state index is 0.190. The van der Waals surface area contributed by atoms with E-state index >= 15 is 0 Å². The fraction of sp³-hybridized carbons (Fsp3) is 1.00. The van der Waals surface area contributed by atoms with Crippen molar-refractivity contribution in [3.05, 3.63) is 0 Å². The average molecular weight is 119 g/mol. The summed E-state index contributed by atoms with van der Waals surface area (Å²) < 4.78 is 1.88. The summed E-state index contributed by atoms with van der Waals surface area (Å²) in [5, 5.41) is 8.90. The molecule has 0 aliphatic carbocycles. The lowest BCUT2D eigenvalue weighted by Gasteiger charge is -2.09. The Balaban J connectivity index is 2.33. The van der Waals surface area contributed by atoms with Crippen LogP contribution in [-0.4, -0.2) is 28.4 Å². The van der Waals surface area contributed by atoms with Crippen molar-refractivity contribution in [3.8, 4) is 0 Å². The number of rotatable bonds is 0. The van der Waals surface area contributed by atoms with E-state index in [1.54, 1.807) is 11.9 Å². The van der Waals surface area contributed by atoms with Gasteiger partial charge < -0.3 is 5.11 Å². The molecule has 1 heterocycles. The third kappa shape index (κ3) is 1.08. The molecule has 1 saturated heterocycles. The Morgan fingerprint density at radius 2 is 2.57 bits per heavy atom. The molecule has 2 nitrogen and oxygen atoms in total. The minimum Gasteiger partial charge on any atom is -0.378 e. The molecule has 0 aromatic heterocycles. The van der Waals surface area contributed by atoms with Crippen LogP contribution in [0.3, 0.4) is 0 Å². The smallest absolute Gasteiger partial charge is 0.116 e. The highest BCUT2D eigenvalue weighted by Gasteiger charge is 2.17. The van der Waals surface area contributed by atoms with Gasteiger partial charge in [0, 0.05) is 12.8 Å². The Morgan fingerprint density at radius 3 is 2.71 bits per heavy atom. The first kappa shape index (κ1) is 5.41. The van der Waals surface area contributed by atoms with Crippen LogP contribution in [0.1, 0.15) is 6.42 Å². The van der Waals surface area contributed by atoms with Crippen LogP contribution in [0, 0.1) is 0 Å². The highest BCUT2D eigenvalue weighted by molar-refractivity contribution is 7.97. The van der Waals surface area contributed by atoms with Gasteiger partial charge in [-0.15, -0.1) is 0 Å². The molecule has 0 radical (unpaired) electrons. The molecular formula is C4H9NOS. The molecule has 1 atom stereocenters. The van der Waals surface area contributed by atoms with Crippen LogP contribution in [0.4, 0.5) is 0 Å². The molecule has 0 saturated carbocycles. The first-order chi connectivity index (χ1) is 3.30. The minimum atomic E-state index is -0.190. The third-order valence-corrected chi connectivity index (χ3v) is 2.16. The topological polar surface area (TPSA) is 23.5 Å². The van der Waals surface area contributed by atoms with Crippen LogP contribution < -0.4 is 0 Å². The molecule has 1 fully saturated rings. The van der Waals surface area contributed by atoms with Crippen molar-refractivity contribution in [1.82, 2.24) is 4.31 Å². The van der Waals surface area contributed by atoms with Gasteiger partial charge in [0.25, 0.3) is 0 Å². The first-order valence-corrected chi connectivity index (χ1v) is 3.29. The molecule has 0 aromatic rings. The van der Waals surface area contributed by atoms with E-state index in [0.29, 0.717) is 0 Å². The lowest BCUT2D eigenvalue weighted by Crippen LogP contribution is -2.17. The zero-order valence-corrected chi connectivity index (χ0v) is 5.11. The summed E-state index contributed by atoms with van der Waals surface area (Å²) >= 11 is 1.69. The lowest BCUT2D eigenvalue weighted by molar-refractivity contribution is 0.0942. The van der Waals surface area contributed by atoms with Crippen molar-refractivity contribution >= 4 is 11.9 Å². The van der Waals surface area contributed by atoms with Crippen molar-refractivity contribution in [3.63, 3.8) is 0 Å². The Morgan fingerprint density at radius 1 is 1.86 bits per heavy atom. The summed E-state index contributed by atoms with van der Waals surface area (Å²) in [6.45, 7) is 0. The van der Waals surface area contributed by atoms with E-state index in [1.165, 1.54) is 0 Å². The van der Waals surface area contributed by atoms with E-state index in [0.717, 1.165) is 12.2 Å². The van der Waals surface area contributed by atoms with Crippen molar-refractivity contribution < 1.29 is 5.11 Å². The number of aliphatic hydroxyl groups is 1. The normalized spacial score (nSPS) is 34.3. The lowest BCUT2D eigenvalue weighted by atomic mass is 10.4. The monoisotopic (exact) mass is 119 g/mol. The summed E-state index contributed by atoms with van der Waals surface area (Å²) in [7, 11) is 1.91. The Kier molecular flexibility index (Phi) is 1.57. The van der Waals surface area contributed by atoms with E-state index in [2.05, 4.69) is 0 Å². The first-order valence-electron chi connectivity index (χ1n) is 2.34. The molecule has 0 aromatic carbocycles. The predicted molar refractivity (Wildman–Crippen MR) is 30.8 cm³/mol. The molecule has 1 rings (SSSR count). The van der Waals surface area contributed by atoms with Gasteiger partial charge >= 0.3 is 0 Å². The fourth-order valence-electron chi connectivity index (χ4n) is 0.570. The predicted octanol–water partition coefficient (Wildman–Crippen LogP) is 0.289. The van der Waals surface area contributed by atoms with Gasteiger partial charge in [-0.1, -0.05) is 11.9 Å². The van der Waals surface area contributed by atoms with Crippen molar-refractivity contribution in [2.45, 2.75) is 12.6 Å². The molecule has 42 valence electrons. The fourth-order valence-corrected chi connectivity index (χ4v) is 1.45. The van der Waals surface area contributed by atoms with Crippen molar-refractivity contribution in [2.75, 3.05) is 12.8 Å². The Bertz CT molecular complexity index is 60.7. The zero-order chi connectivity index (χ0) is 5.28. The summed E-state index contributed by atoms with van der Waals surface area (Å²) in [4.78, 5) is 0. The van der Waals surface area contributed by atoms with Crippen molar-refractivity contribution in [2.24, 2.45) is 0 Å². The second-order valence-electron chi connectivity index (χ2n) is 1.65. The molecule has 0 bridgehead atoms. The molecule has 1 aliphatic rings. The van der Waals surface area contributed by atoms with Gasteiger partial charge in [0.15, 0.2) is 0 Å². The van der Waals surface area contributed by atoms with Gasteiger partial charge in [0.1, 0.15) is 6.23 Å². The van der Waals surface area contributed by atoms with Crippen LogP contribution in [0.15, 0.2) is 0 Å². The number of nitrogens with zero attached hydrogens (tertiary/aromatic N) is 1. The van der Waals surface area contributed by atoms with Crippen LogP contribution >= 0.6 is 11.9 Å². The maximum absolute atomic E-state index is 8.90. The molecular weight excluding hydrogens is 110 g/mol. The van der Waals surface area contributed by atoms with E-state index in [-0.39, 0.29) is 6.23 Å². The summed E-state index contributed by atoms with van der Waals surface area (Å²) in [5.74, 6) is 1.07. The standard InChI is InChI=1S/C4H9NOS/c1-5-4(6)2-3-7-5/h4,6H,2-3H2,1H3. The van der Waals surface area contributed by atoms with Gasteiger partial charge in [0.05, 0.1) is 0 Å². The van der Waals surface area contributed by atoms with Crippen molar-refractivity contribution in [1.29, 1.82) is 0 Å². The van der Waals surface area contributed by atoms with E-state index < -0.39 is 0 Å². The molecule has 1 aliphatic heterocycles. The van der Waals surface area contributed by atoms with Gasteiger partial charge in [-0.3, -0.25) is 0 Å². The van der Waals surface area contributed by atoms with Crippen LogP contribution in [0.5, 0.6) is 0 Å². The summed E-state index contributed by atoms with van der Waals surface area (Å²) in [6.07, 6.45) is 0.728. The number of hydrogen-bond donors (Lipinski definition) is 1. The van der Waals surface area contributed by atoms with Gasteiger partial charge in [-0.2, -0.15) is 0 Å². The number of hydrogen-bond acceptors (Lipinski definition) is 3. The highest BCUT2D eigenvalue weighted by Crippen LogP contribution is 2.21. The molecule has 1 N–H and O–H groups in total. The maximum Gasteiger partial charge on any atom is 0.116 e. The van der Waals surface area contributed by atoms with Gasteiger partial charge in [-0.25, -0.2) is 4.31 Å². The quantitative estimate of drug-likeness (QED) is 0.464. The molecule has 0 amide bonds. The Hall–Kier alpha value is 0.270. The van der Waals surface area contributed by atoms with Crippen LogP contribution in [0.25, 0.3) is 0 Å². The molecule has 0 spiro atoms. The SMILES string of the molecule is CN1SCCC1O. The largest absolute Gasteiger partial charge is 0.378 e. The second-order valence-corrected chi connectivity index (χ2v) is 2.89. The number of aliphatic hydroxyl groups excluding tert-OH is 1. The van der Waals surface area contributed by atoms with E-state index in [4.69, 9.17) is 5.11 Å². The van der Waals surface area contributed by atoms with E-state index in [1.807, 2.05) is 11.4 Å². The average Bonchev–Trinajstić information content (AvgIpc) is 1.91. The van der Waals surface area contributed by atoms with Crippen LogP contribution in [0.2, 0.25) is 0 Å². The maximum atomic E-state index is 8.90. The molecule has 7 heavy (non-hydrogen) atoms.